The van der Waals surface area contributed by atoms with Gasteiger partial charge >= 0.3 is 5.97 Å². The van der Waals surface area contributed by atoms with Crippen LogP contribution in [-0.4, -0.2) is 16.7 Å². The second-order valence-electron chi connectivity index (χ2n) is 10.2. The summed E-state index contributed by atoms with van der Waals surface area (Å²) < 4.78 is 0. The first-order chi connectivity index (χ1) is 14.4. The van der Waals surface area contributed by atoms with Gasteiger partial charge < -0.3 is 4.84 Å². The highest BCUT2D eigenvalue weighted by Crippen LogP contribution is 2.66. The molecule has 158 valence electrons. The van der Waals surface area contributed by atoms with Crippen molar-refractivity contribution < 1.29 is 9.63 Å². The van der Waals surface area contributed by atoms with E-state index in [4.69, 9.17) is 4.84 Å². The number of nitrogens with zero attached hydrogens (tertiary/aromatic N) is 2. The van der Waals surface area contributed by atoms with Gasteiger partial charge in [-0.05, 0) is 96.8 Å². The van der Waals surface area contributed by atoms with E-state index in [0.29, 0.717) is 0 Å². The Balaban J connectivity index is 1.41. The molecule has 0 unspecified atom stereocenters. The molecule has 1 aromatic heterocycles. The number of aromatic nitrogens is 1. The van der Waals surface area contributed by atoms with Crippen LogP contribution in [0.2, 0.25) is 0 Å². The number of carbonyl (C=O) groups is 1. The molecule has 1 aromatic rings. The third kappa shape index (κ3) is 2.99. The predicted molar refractivity (Wildman–Crippen MR) is 119 cm³/mol. The molecule has 0 N–H and O–H groups in total. The Kier molecular flexibility index (Phi) is 4.72. The Morgan fingerprint density at radius 2 is 2.03 bits per heavy atom. The molecule has 2 saturated carbocycles. The maximum Gasteiger partial charge on any atom is 0.331 e. The smallest absolute Gasteiger partial charge is 0.318 e. The van der Waals surface area contributed by atoms with Gasteiger partial charge in [0.05, 0.1) is 5.71 Å². The van der Waals surface area contributed by atoms with Gasteiger partial charge in [0.2, 0.25) is 0 Å². The van der Waals surface area contributed by atoms with Gasteiger partial charge in [0, 0.05) is 19.3 Å². The topological polar surface area (TPSA) is 51.5 Å². The minimum atomic E-state index is -0.345. The number of hydrogen-bond acceptors (Lipinski definition) is 4. The molecule has 0 aliphatic heterocycles. The van der Waals surface area contributed by atoms with Crippen molar-refractivity contribution in [1.82, 2.24) is 4.98 Å². The molecule has 4 aliphatic carbocycles. The molecule has 30 heavy (non-hydrogen) atoms. The zero-order chi connectivity index (χ0) is 20.9. The van der Waals surface area contributed by atoms with E-state index in [1.165, 1.54) is 49.3 Å². The first-order valence-corrected chi connectivity index (χ1v) is 11.5. The number of hydrogen-bond donors (Lipinski definition) is 0. The zero-order valence-corrected chi connectivity index (χ0v) is 18.4. The third-order valence-corrected chi connectivity index (χ3v) is 8.82. The van der Waals surface area contributed by atoms with Crippen LogP contribution in [0.1, 0.15) is 71.3 Å². The average molecular weight is 405 g/mol. The number of carbonyl (C=O) groups excluding carboxylic acids is 1. The number of pyridine rings is 1. The summed E-state index contributed by atoms with van der Waals surface area (Å²) in [5, 5.41) is 4.09. The van der Waals surface area contributed by atoms with Crippen LogP contribution in [0.5, 0.6) is 0 Å². The van der Waals surface area contributed by atoms with Crippen LogP contribution >= 0.6 is 0 Å². The molecule has 0 radical (unpaired) electrons. The van der Waals surface area contributed by atoms with Crippen molar-refractivity contribution in [3.8, 4) is 0 Å². The molecule has 4 heteroatoms. The van der Waals surface area contributed by atoms with Crippen LogP contribution in [0.3, 0.4) is 0 Å². The molecule has 5 rings (SSSR count). The molecular formula is C26H32N2O2. The lowest BCUT2D eigenvalue weighted by Crippen LogP contribution is -2.49. The Morgan fingerprint density at radius 3 is 2.80 bits per heavy atom. The first kappa shape index (κ1) is 19.7. The van der Waals surface area contributed by atoms with Crippen LogP contribution in [0.4, 0.5) is 0 Å². The minimum absolute atomic E-state index is 0.260. The van der Waals surface area contributed by atoms with Gasteiger partial charge in [0.1, 0.15) is 0 Å². The Bertz CT molecular complexity index is 947. The van der Waals surface area contributed by atoms with Crippen molar-refractivity contribution in [3.63, 3.8) is 0 Å². The maximum absolute atomic E-state index is 11.1. The fourth-order valence-corrected chi connectivity index (χ4v) is 7.30. The van der Waals surface area contributed by atoms with E-state index >= 15 is 0 Å². The quantitative estimate of drug-likeness (QED) is 0.452. The fourth-order valence-electron chi connectivity index (χ4n) is 7.30. The summed E-state index contributed by atoms with van der Waals surface area (Å²) >= 11 is 0. The Morgan fingerprint density at radius 1 is 1.17 bits per heavy atom. The van der Waals surface area contributed by atoms with E-state index in [-0.39, 0.29) is 16.8 Å². The number of fused-ring (bicyclic) bond motifs is 5. The third-order valence-electron chi connectivity index (χ3n) is 8.82. The van der Waals surface area contributed by atoms with Crippen molar-refractivity contribution in [2.24, 2.45) is 33.7 Å². The van der Waals surface area contributed by atoms with Gasteiger partial charge in [-0.25, -0.2) is 4.79 Å². The molecule has 0 spiro atoms. The van der Waals surface area contributed by atoms with Gasteiger partial charge in [-0.2, -0.15) is 0 Å². The molecule has 4 aliphatic rings. The Hall–Kier alpha value is -2.23. The van der Waals surface area contributed by atoms with Crippen molar-refractivity contribution in [3.05, 3.63) is 47.8 Å². The molecule has 0 aromatic carbocycles. The van der Waals surface area contributed by atoms with Gasteiger partial charge in [0.15, 0.2) is 0 Å². The van der Waals surface area contributed by atoms with Crippen molar-refractivity contribution in [1.29, 1.82) is 0 Å². The van der Waals surface area contributed by atoms with Gasteiger partial charge in [-0.3, -0.25) is 4.98 Å². The largest absolute Gasteiger partial charge is 0.331 e. The normalized spacial score (nSPS) is 38.8. The molecule has 0 amide bonds. The summed E-state index contributed by atoms with van der Waals surface area (Å²) in [6, 6.07) is 4.29. The lowest BCUT2D eigenvalue weighted by atomic mass is 9.46. The molecule has 1 heterocycles. The van der Waals surface area contributed by atoms with E-state index < -0.39 is 0 Å². The second-order valence-corrected chi connectivity index (χ2v) is 10.2. The number of rotatable bonds is 2. The van der Waals surface area contributed by atoms with E-state index in [1.54, 1.807) is 0 Å². The maximum atomic E-state index is 11.1. The molecule has 4 nitrogen and oxygen atoms in total. The van der Waals surface area contributed by atoms with Crippen LogP contribution in [-0.2, 0) is 9.63 Å². The first-order valence-electron chi connectivity index (χ1n) is 11.5. The molecule has 5 atom stereocenters. The molecule has 0 saturated heterocycles. The number of oxime groups is 1. The van der Waals surface area contributed by atoms with Gasteiger partial charge in [-0.15, -0.1) is 0 Å². The van der Waals surface area contributed by atoms with E-state index in [0.717, 1.165) is 42.7 Å². The van der Waals surface area contributed by atoms with Crippen molar-refractivity contribution in [2.75, 3.05) is 0 Å². The summed E-state index contributed by atoms with van der Waals surface area (Å²) in [5.41, 5.74) is 5.84. The Labute approximate surface area is 179 Å². The standard InChI is InChI=1S/C26H32N2O2/c1-17(29)30-28-20-10-12-25(2)19(15-20)6-7-21-23-9-8-22(18-5-4-14-27-16-18)26(23,3)13-11-24(21)25/h4-5,8,14-16,21,23-24H,6-7,9-13H2,1-3H3/t21-,23+,24+,25+,26-/m1/s1. The predicted octanol–water partition coefficient (Wildman–Crippen LogP) is 5.96. The zero-order valence-electron chi connectivity index (χ0n) is 18.4. The van der Waals surface area contributed by atoms with Crippen LogP contribution < -0.4 is 0 Å². The minimum Gasteiger partial charge on any atom is -0.318 e. The van der Waals surface area contributed by atoms with E-state index in [1.807, 2.05) is 12.4 Å². The molecule has 0 bridgehead atoms. The fraction of sp³-hybridized carbons (Fsp3) is 0.577. The van der Waals surface area contributed by atoms with Crippen molar-refractivity contribution in [2.45, 2.75) is 65.7 Å². The number of allylic oxidation sites excluding steroid dienone is 4. The van der Waals surface area contributed by atoms with Gasteiger partial charge in [0.25, 0.3) is 0 Å². The van der Waals surface area contributed by atoms with Crippen molar-refractivity contribution >= 4 is 17.3 Å². The van der Waals surface area contributed by atoms with Crippen LogP contribution in [0.15, 0.2) is 47.4 Å². The highest BCUT2D eigenvalue weighted by molar-refractivity contribution is 5.96. The summed E-state index contributed by atoms with van der Waals surface area (Å²) in [4.78, 5) is 20.4. The lowest BCUT2D eigenvalue weighted by molar-refractivity contribution is -0.140. The monoisotopic (exact) mass is 404 g/mol. The summed E-state index contributed by atoms with van der Waals surface area (Å²) in [6.07, 6.45) is 16.9. The summed E-state index contributed by atoms with van der Waals surface area (Å²) in [5.74, 6) is 1.92. The molecule has 2 fully saturated rings. The second kappa shape index (κ2) is 7.18. The highest BCUT2D eigenvalue weighted by atomic mass is 16.7. The summed E-state index contributed by atoms with van der Waals surface area (Å²) in [7, 11) is 0. The average Bonchev–Trinajstić information content (AvgIpc) is 3.10. The lowest BCUT2D eigenvalue weighted by Gasteiger charge is -2.58. The van der Waals surface area contributed by atoms with E-state index in [9.17, 15) is 4.79 Å². The SMILES string of the molecule is CC(=O)ON=C1C=C2CC[C@H]3[C@H](CC[C@]4(C)C(c5cccnc5)=CC[C@@H]34)[C@@]2(C)CC1. The van der Waals surface area contributed by atoms with Crippen LogP contribution in [0, 0.1) is 28.6 Å². The van der Waals surface area contributed by atoms with Gasteiger partial charge in [-0.1, -0.05) is 36.7 Å². The van der Waals surface area contributed by atoms with Crippen LogP contribution in [0.25, 0.3) is 5.57 Å². The summed E-state index contributed by atoms with van der Waals surface area (Å²) in [6.45, 7) is 6.41. The highest BCUT2D eigenvalue weighted by Gasteiger charge is 2.57. The molecular weight excluding hydrogens is 372 g/mol. The van der Waals surface area contributed by atoms with E-state index in [2.05, 4.69) is 48.3 Å².